The molecule has 0 spiro atoms. The van der Waals surface area contributed by atoms with Gasteiger partial charge in [-0.3, -0.25) is 9.10 Å². The zero-order chi connectivity index (χ0) is 23.9. The van der Waals surface area contributed by atoms with E-state index in [1.807, 2.05) is 32.0 Å². The second kappa shape index (κ2) is 11.1. The monoisotopic (exact) mass is 464 g/mol. The van der Waals surface area contributed by atoms with Crippen LogP contribution < -0.4 is 23.8 Å². The fourth-order valence-corrected chi connectivity index (χ4v) is 3.67. The highest BCUT2D eigenvalue weighted by atomic mass is 32.2. The minimum Gasteiger partial charge on any atom is -0.493 e. The number of nitrogens with one attached hydrogen (secondary N) is 1. The van der Waals surface area contributed by atoms with E-state index in [1.54, 1.807) is 38.5 Å². The van der Waals surface area contributed by atoms with Gasteiger partial charge in [-0.25, -0.2) is 8.42 Å². The summed E-state index contributed by atoms with van der Waals surface area (Å²) in [6.07, 6.45) is 1.60. The number of benzene rings is 2. The van der Waals surface area contributed by atoms with E-state index in [0.717, 1.165) is 11.8 Å². The molecular formula is C23H32N2O6S. The second-order valence-corrected chi connectivity index (χ2v) is 9.34. The second-order valence-electron chi connectivity index (χ2n) is 7.32. The number of amides is 1. The lowest BCUT2D eigenvalue weighted by Crippen LogP contribution is -2.40. The lowest BCUT2D eigenvalue weighted by Gasteiger charge is -2.23. The van der Waals surface area contributed by atoms with Crippen molar-refractivity contribution >= 4 is 21.6 Å². The number of hydrogen-bond donors (Lipinski definition) is 1. The normalized spacial score (nSPS) is 13.1. The smallest absolute Gasteiger partial charge is 0.261 e. The van der Waals surface area contributed by atoms with Gasteiger partial charge >= 0.3 is 0 Å². The maximum atomic E-state index is 12.9. The molecule has 8 nitrogen and oxygen atoms in total. The van der Waals surface area contributed by atoms with Crippen molar-refractivity contribution in [1.29, 1.82) is 0 Å². The molecule has 2 aromatic rings. The third kappa shape index (κ3) is 6.29. The van der Waals surface area contributed by atoms with Gasteiger partial charge in [0.2, 0.25) is 10.0 Å². The van der Waals surface area contributed by atoms with Crippen LogP contribution in [0.4, 0.5) is 5.69 Å². The summed E-state index contributed by atoms with van der Waals surface area (Å²) in [5, 5.41) is 3.04. The van der Waals surface area contributed by atoms with E-state index in [4.69, 9.17) is 14.2 Å². The molecule has 0 heterocycles. The number of rotatable bonds is 11. The van der Waals surface area contributed by atoms with Gasteiger partial charge in [0, 0.05) is 7.05 Å². The van der Waals surface area contributed by atoms with Crippen molar-refractivity contribution in [2.24, 2.45) is 0 Å². The number of sulfonamides is 1. The van der Waals surface area contributed by atoms with Gasteiger partial charge < -0.3 is 19.5 Å². The molecule has 0 bridgehead atoms. The topological polar surface area (TPSA) is 94.2 Å². The molecule has 0 fully saturated rings. The van der Waals surface area contributed by atoms with Crippen molar-refractivity contribution < 1.29 is 27.4 Å². The molecule has 0 saturated heterocycles. The van der Waals surface area contributed by atoms with Crippen molar-refractivity contribution in [1.82, 2.24) is 5.32 Å². The highest BCUT2D eigenvalue weighted by Gasteiger charge is 2.23. The molecule has 2 rings (SSSR count). The minimum absolute atomic E-state index is 0.217. The van der Waals surface area contributed by atoms with Gasteiger partial charge in [-0.2, -0.15) is 0 Å². The number of carbonyl (C=O) groups excluding carboxylic acids is 1. The quantitative estimate of drug-likeness (QED) is 0.547. The molecule has 0 aromatic heterocycles. The van der Waals surface area contributed by atoms with Crippen molar-refractivity contribution in [3.05, 3.63) is 48.0 Å². The van der Waals surface area contributed by atoms with Crippen LogP contribution >= 0.6 is 0 Å². The van der Waals surface area contributed by atoms with E-state index in [0.29, 0.717) is 35.8 Å². The Hall–Kier alpha value is -2.94. The third-order valence-electron chi connectivity index (χ3n) is 5.17. The summed E-state index contributed by atoms with van der Waals surface area (Å²) in [7, 11) is 1.27. The molecule has 9 heteroatoms. The van der Waals surface area contributed by atoms with Crippen LogP contribution in [-0.4, -0.2) is 48.0 Å². The summed E-state index contributed by atoms with van der Waals surface area (Å²) in [6.45, 7) is 3.86. The Bertz CT molecular complexity index is 1010. The molecule has 0 unspecified atom stereocenters. The van der Waals surface area contributed by atoms with Crippen LogP contribution in [0.1, 0.15) is 38.3 Å². The van der Waals surface area contributed by atoms with Gasteiger partial charge in [0.1, 0.15) is 5.75 Å². The summed E-state index contributed by atoms with van der Waals surface area (Å²) in [5.41, 5.74) is 1.42. The molecule has 0 radical (unpaired) electrons. The Morgan fingerprint density at radius 2 is 1.62 bits per heavy atom. The Balaban J connectivity index is 2.11. The number of hydrogen-bond acceptors (Lipinski definition) is 6. The van der Waals surface area contributed by atoms with E-state index in [1.165, 1.54) is 11.4 Å². The molecule has 0 aliphatic heterocycles. The van der Waals surface area contributed by atoms with E-state index >= 15 is 0 Å². The zero-order valence-electron chi connectivity index (χ0n) is 19.4. The number of carbonyl (C=O) groups is 1. The molecule has 0 aliphatic rings. The molecule has 176 valence electrons. The summed E-state index contributed by atoms with van der Waals surface area (Å²) >= 11 is 0. The van der Waals surface area contributed by atoms with Gasteiger partial charge in [0.15, 0.2) is 17.6 Å². The highest BCUT2D eigenvalue weighted by molar-refractivity contribution is 7.92. The van der Waals surface area contributed by atoms with Crippen LogP contribution in [0.2, 0.25) is 0 Å². The predicted octanol–water partition coefficient (Wildman–Crippen LogP) is 3.52. The molecule has 2 atom stereocenters. The maximum absolute atomic E-state index is 12.9. The first-order chi connectivity index (χ1) is 15.1. The number of anilines is 1. The first kappa shape index (κ1) is 25.3. The summed E-state index contributed by atoms with van der Waals surface area (Å²) in [4.78, 5) is 12.9. The van der Waals surface area contributed by atoms with Crippen molar-refractivity contribution in [2.75, 3.05) is 31.8 Å². The van der Waals surface area contributed by atoms with Gasteiger partial charge in [-0.05, 0) is 54.8 Å². The minimum atomic E-state index is -3.35. The number of methoxy groups -OCH3 is 2. The van der Waals surface area contributed by atoms with Crippen molar-refractivity contribution in [3.8, 4) is 17.2 Å². The Morgan fingerprint density at radius 1 is 1.00 bits per heavy atom. The Morgan fingerprint density at radius 3 is 2.12 bits per heavy atom. The largest absolute Gasteiger partial charge is 0.493 e. The summed E-state index contributed by atoms with van der Waals surface area (Å²) < 4.78 is 41.1. The first-order valence-corrected chi connectivity index (χ1v) is 12.2. The fraction of sp³-hybridized carbons (Fsp3) is 0.435. The van der Waals surface area contributed by atoms with Gasteiger partial charge in [0.25, 0.3) is 5.91 Å². The average Bonchev–Trinajstić information content (AvgIpc) is 2.79. The van der Waals surface area contributed by atoms with Crippen LogP contribution in [0, 0.1) is 0 Å². The predicted molar refractivity (Wildman–Crippen MR) is 125 cm³/mol. The van der Waals surface area contributed by atoms with E-state index < -0.39 is 16.1 Å². The van der Waals surface area contributed by atoms with E-state index in [-0.39, 0.29) is 11.9 Å². The first-order valence-electron chi connectivity index (χ1n) is 10.4. The van der Waals surface area contributed by atoms with Gasteiger partial charge in [-0.1, -0.05) is 19.9 Å². The molecule has 32 heavy (non-hydrogen) atoms. The van der Waals surface area contributed by atoms with Crippen molar-refractivity contribution in [3.63, 3.8) is 0 Å². The third-order valence-corrected chi connectivity index (χ3v) is 6.38. The Kier molecular flexibility index (Phi) is 8.77. The van der Waals surface area contributed by atoms with Crippen LogP contribution in [0.5, 0.6) is 17.2 Å². The number of ether oxygens (including phenoxy) is 3. The zero-order valence-corrected chi connectivity index (χ0v) is 20.2. The SMILES string of the molecule is CC[C@H](Oc1ccc(N(C)S(C)(=O)=O)cc1)C(=O)N[C@@H](CC)c1ccc(OC)c(OC)c1. The van der Waals surface area contributed by atoms with Crippen molar-refractivity contribution in [2.45, 2.75) is 38.8 Å². The number of nitrogens with zero attached hydrogens (tertiary/aromatic N) is 1. The molecule has 0 saturated carbocycles. The van der Waals surface area contributed by atoms with Crippen LogP contribution in [0.25, 0.3) is 0 Å². The molecule has 0 aliphatic carbocycles. The fourth-order valence-electron chi connectivity index (χ4n) is 3.17. The molecule has 1 N–H and O–H groups in total. The summed E-state index contributed by atoms with van der Waals surface area (Å²) in [6, 6.07) is 11.9. The standard InChI is InChI=1S/C23H32N2O6S/c1-7-19(16-9-14-21(29-4)22(15-16)30-5)24-23(26)20(8-2)31-18-12-10-17(11-13-18)25(3)32(6,27)28/h9-15,19-20H,7-8H2,1-6H3,(H,24,26)/t19-,20-/m0/s1. The van der Waals surface area contributed by atoms with Crippen LogP contribution in [-0.2, 0) is 14.8 Å². The molecular weight excluding hydrogens is 432 g/mol. The van der Waals surface area contributed by atoms with Gasteiger partial charge in [0.05, 0.1) is 32.2 Å². The highest BCUT2D eigenvalue weighted by Crippen LogP contribution is 2.31. The van der Waals surface area contributed by atoms with Crippen LogP contribution in [0.3, 0.4) is 0 Å². The van der Waals surface area contributed by atoms with Crippen LogP contribution in [0.15, 0.2) is 42.5 Å². The summed E-state index contributed by atoms with van der Waals surface area (Å²) in [5.74, 6) is 1.47. The molecule has 2 aromatic carbocycles. The molecule has 1 amide bonds. The average molecular weight is 465 g/mol. The lowest BCUT2D eigenvalue weighted by atomic mass is 10.0. The van der Waals surface area contributed by atoms with Gasteiger partial charge in [-0.15, -0.1) is 0 Å². The Labute approximate surface area is 190 Å². The van der Waals surface area contributed by atoms with E-state index in [2.05, 4.69) is 5.32 Å². The maximum Gasteiger partial charge on any atom is 0.261 e. The lowest BCUT2D eigenvalue weighted by molar-refractivity contribution is -0.128. The van der Waals surface area contributed by atoms with E-state index in [9.17, 15) is 13.2 Å².